The minimum absolute atomic E-state index is 0.0633. The van der Waals surface area contributed by atoms with E-state index in [0.717, 1.165) is 16.5 Å². The lowest BCUT2D eigenvalue weighted by atomic mass is 9.98. The number of ether oxygens (including phenoxy) is 1. The van der Waals surface area contributed by atoms with E-state index in [1.165, 1.54) is 22.3 Å². The third-order valence-electron chi connectivity index (χ3n) is 5.69. The molecule has 0 aliphatic heterocycles. The summed E-state index contributed by atoms with van der Waals surface area (Å²) in [6, 6.07) is 26.6. The van der Waals surface area contributed by atoms with E-state index in [1.54, 1.807) is 6.20 Å². The molecule has 0 saturated carbocycles. The number of hydrogen-bond donors (Lipinski definition) is 1. The number of para-hydroxylation sites is 1. The Morgan fingerprint density at radius 2 is 1.62 bits per heavy atom. The molecule has 1 aliphatic carbocycles. The monoisotopic (exact) mass is 418 g/mol. The first kappa shape index (κ1) is 19.8. The molecule has 0 spiro atoms. The van der Waals surface area contributed by atoms with Gasteiger partial charge in [-0.2, -0.15) is 0 Å². The Bertz CT molecular complexity index is 1300. The molecule has 0 bridgehead atoms. The molecule has 156 valence electrons. The van der Waals surface area contributed by atoms with Crippen molar-refractivity contribution in [3.63, 3.8) is 0 Å². The molecule has 0 unspecified atom stereocenters. The van der Waals surface area contributed by atoms with Gasteiger partial charge in [-0.15, -0.1) is 0 Å². The minimum atomic E-state index is -0.416. The van der Waals surface area contributed by atoms with Gasteiger partial charge in [-0.3, -0.25) is 4.98 Å². The topological polar surface area (TPSA) is 51.2 Å². The molecule has 0 fully saturated rings. The standard InChI is InChI=1S/C28H22N2O2/c31-28(29-16-8-7-9-20-17-21-10-1-6-15-27(21)30-18-20)32-19-26-24-13-4-2-11-22(24)23-12-3-5-14-25(23)26/h1-6,10-15,17-18,26H,8,16,19H2,(H,29,31). The Hall–Kier alpha value is -4.10. The number of pyridine rings is 1. The van der Waals surface area contributed by atoms with Crippen molar-refractivity contribution in [2.45, 2.75) is 12.3 Å². The summed E-state index contributed by atoms with van der Waals surface area (Å²) in [7, 11) is 0. The molecule has 1 amide bonds. The summed E-state index contributed by atoms with van der Waals surface area (Å²) in [6.07, 6.45) is 1.90. The van der Waals surface area contributed by atoms with E-state index in [2.05, 4.69) is 46.4 Å². The Morgan fingerprint density at radius 1 is 0.938 bits per heavy atom. The zero-order valence-corrected chi connectivity index (χ0v) is 17.5. The van der Waals surface area contributed by atoms with Gasteiger partial charge in [0.25, 0.3) is 0 Å². The van der Waals surface area contributed by atoms with Crippen LogP contribution in [-0.4, -0.2) is 24.2 Å². The van der Waals surface area contributed by atoms with E-state index in [0.29, 0.717) is 19.6 Å². The first-order chi connectivity index (χ1) is 15.8. The van der Waals surface area contributed by atoms with Gasteiger partial charge in [0.2, 0.25) is 0 Å². The summed E-state index contributed by atoms with van der Waals surface area (Å²) in [6.45, 7) is 0.749. The van der Waals surface area contributed by atoms with E-state index in [4.69, 9.17) is 4.74 Å². The van der Waals surface area contributed by atoms with E-state index in [-0.39, 0.29) is 5.92 Å². The van der Waals surface area contributed by atoms with Crippen LogP contribution in [0.4, 0.5) is 4.79 Å². The predicted molar refractivity (Wildman–Crippen MR) is 126 cm³/mol. The fourth-order valence-corrected chi connectivity index (χ4v) is 4.18. The van der Waals surface area contributed by atoms with Crippen molar-refractivity contribution < 1.29 is 9.53 Å². The van der Waals surface area contributed by atoms with Crippen molar-refractivity contribution in [3.8, 4) is 23.0 Å². The number of hydrogen-bond acceptors (Lipinski definition) is 3. The Balaban J connectivity index is 1.13. The second kappa shape index (κ2) is 8.95. The van der Waals surface area contributed by atoms with Crippen LogP contribution in [0.15, 0.2) is 85.1 Å². The van der Waals surface area contributed by atoms with Crippen LogP contribution in [0.3, 0.4) is 0 Å². The highest BCUT2D eigenvalue weighted by Crippen LogP contribution is 2.44. The molecular weight excluding hydrogens is 396 g/mol. The second-order valence-electron chi connectivity index (χ2n) is 7.72. The molecule has 3 aromatic carbocycles. The Labute approximate surface area is 187 Å². The lowest BCUT2D eigenvalue weighted by Crippen LogP contribution is -2.26. The number of nitrogens with zero attached hydrogens (tertiary/aromatic N) is 1. The van der Waals surface area contributed by atoms with Gasteiger partial charge in [0.05, 0.1) is 5.52 Å². The number of carbonyl (C=O) groups is 1. The molecule has 1 heterocycles. The zero-order chi connectivity index (χ0) is 21.8. The van der Waals surface area contributed by atoms with Crippen molar-refractivity contribution in [2.24, 2.45) is 0 Å². The van der Waals surface area contributed by atoms with Crippen LogP contribution in [0.25, 0.3) is 22.0 Å². The third kappa shape index (κ3) is 4.06. The molecule has 4 aromatic rings. The van der Waals surface area contributed by atoms with E-state index >= 15 is 0 Å². The van der Waals surface area contributed by atoms with E-state index < -0.39 is 6.09 Å². The fourth-order valence-electron chi connectivity index (χ4n) is 4.18. The van der Waals surface area contributed by atoms with Crippen LogP contribution < -0.4 is 5.32 Å². The van der Waals surface area contributed by atoms with Gasteiger partial charge in [0, 0.05) is 36.0 Å². The smallest absolute Gasteiger partial charge is 0.407 e. The van der Waals surface area contributed by atoms with Gasteiger partial charge in [-0.1, -0.05) is 78.6 Å². The van der Waals surface area contributed by atoms with Gasteiger partial charge in [0.15, 0.2) is 0 Å². The summed E-state index contributed by atoms with van der Waals surface area (Å²) in [4.78, 5) is 16.6. The van der Waals surface area contributed by atoms with Crippen molar-refractivity contribution in [1.29, 1.82) is 0 Å². The van der Waals surface area contributed by atoms with Crippen LogP contribution in [0.2, 0.25) is 0 Å². The van der Waals surface area contributed by atoms with E-state index in [1.807, 2.05) is 54.6 Å². The SMILES string of the molecule is O=C(NCCC#Cc1cnc2ccccc2c1)OCC1c2ccccc2-c2ccccc21. The van der Waals surface area contributed by atoms with Crippen LogP contribution in [0, 0.1) is 11.8 Å². The summed E-state index contributed by atoms with van der Waals surface area (Å²) in [5.74, 6) is 6.25. The molecule has 1 aliphatic rings. The number of aromatic nitrogens is 1. The third-order valence-corrected chi connectivity index (χ3v) is 5.69. The molecule has 4 heteroatoms. The lowest BCUT2D eigenvalue weighted by Gasteiger charge is -2.14. The van der Waals surface area contributed by atoms with Crippen LogP contribution in [0.5, 0.6) is 0 Å². The Morgan fingerprint density at radius 3 is 2.41 bits per heavy atom. The minimum Gasteiger partial charge on any atom is -0.449 e. The highest BCUT2D eigenvalue weighted by molar-refractivity contribution is 5.80. The van der Waals surface area contributed by atoms with Crippen molar-refractivity contribution in [3.05, 3.63) is 102 Å². The molecule has 0 saturated heterocycles. The van der Waals surface area contributed by atoms with E-state index in [9.17, 15) is 4.79 Å². The van der Waals surface area contributed by atoms with Crippen LogP contribution in [-0.2, 0) is 4.74 Å². The molecule has 0 radical (unpaired) electrons. The number of carbonyl (C=O) groups excluding carboxylic acids is 1. The van der Waals surface area contributed by atoms with Gasteiger partial charge < -0.3 is 10.1 Å². The summed E-state index contributed by atoms with van der Waals surface area (Å²) in [5.41, 5.74) is 6.67. The molecule has 1 N–H and O–H groups in total. The number of amides is 1. The molecular formula is C28H22N2O2. The molecule has 1 aromatic heterocycles. The van der Waals surface area contributed by atoms with Crippen molar-refractivity contribution >= 4 is 17.0 Å². The average molecular weight is 418 g/mol. The molecule has 5 rings (SSSR count). The average Bonchev–Trinajstić information content (AvgIpc) is 3.16. The number of fused-ring (bicyclic) bond motifs is 4. The molecule has 0 atom stereocenters. The molecule has 4 nitrogen and oxygen atoms in total. The molecule has 32 heavy (non-hydrogen) atoms. The number of alkyl carbamates (subject to hydrolysis) is 1. The number of benzene rings is 3. The van der Waals surface area contributed by atoms with Gasteiger partial charge >= 0.3 is 6.09 Å². The van der Waals surface area contributed by atoms with Gasteiger partial charge in [-0.25, -0.2) is 4.79 Å². The first-order valence-corrected chi connectivity index (χ1v) is 10.7. The van der Waals surface area contributed by atoms with Crippen molar-refractivity contribution in [1.82, 2.24) is 10.3 Å². The first-order valence-electron chi connectivity index (χ1n) is 10.7. The number of rotatable bonds is 4. The largest absolute Gasteiger partial charge is 0.449 e. The van der Waals surface area contributed by atoms with Gasteiger partial charge in [0.1, 0.15) is 6.61 Å². The van der Waals surface area contributed by atoms with Crippen LogP contribution >= 0.6 is 0 Å². The lowest BCUT2D eigenvalue weighted by molar-refractivity contribution is 0.143. The summed E-state index contributed by atoms with van der Waals surface area (Å²) in [5, 5.41) is 3.86. The zero-order valence-electron chi connectivity index (χ0n) is 17.5. The predicted octanol–water partition coefficient (Wildman–Crippen LogP) is 5.52. The fraction of sp³-hybridized carbons (Fsp3) is 0.143. The summed E-state index contributed by atoms with van der Waals surface area (Å²) < 4.78 is 5.54. The quantitative estimate of drug-likeness (QED) is 0.351. The normalized spacial score (nSPS) is 11.9. The maximum atomic E-state index is 12.2. The van der Waals surface area contributed by atoms with Gasteiger partial charge in [-0.05, 0) is 34.4 Å². The second-order valence-corrected chi connectivity index (χ2v) is 7.72. The highest BCUT2D eigenvalue weighted by Gasteiger charge is 2.28. The maximum Gasteiger partial charge on any atom is 0.407 e. The maximum absolute atomic E-state index is 12.2. The van der Waals surface area contributed by atoms with Crippen molar-refractivity contribution in [2.75, 3.05) is 13.2 Å². The summed E-state index contributed by atoms with van der Waals surface area (Å²) >= 11 is 0. The van der Waals surface area contributed by atoms with Crippen LogP contribution in [0.1, 0.15) is 29.0 Å². The Kier molecular flexibility index (Phi) is 5.55. The highest BCUT2D eigenvalue weighted by atomic mass is 16.5. The number of nitrogens with one attached hydrogen (secondary N) is 1.